The van der Waals surface area contributed by atoms with Crippen molar-refractivity contribution in [1.29, 1.82) is 0 Å². The summed E-state index contributed by atoms with van der Waals surface area (Å²) < 4.78 is 5.45. The molecule has 0 fully saturated rings. The quantitative estimate of drug-likeness (QED) is 0.0399. The molecule has 0 aliphatic heterocycles. The summed E-state index contributed by atoms with van der Waals surface area (Å²) in [6.07, 6.45) is 57.2. The van der Waals surface area contributed by atoms with Gasteiger partial charge in [0.05, 0.1) is 6.61 Å². The van der Waals surface area contributed by atoms with E-state index >= 15 is 0 Å². The molecule has 0 aromatic rings. The van der Waals surface area contributed by atoms with Crippen molar-refractivity contribution >= 4 is 5.97 Å². The number of aliphatic hydroxyl groups excluding tert-OH is 1. The highest BCUT2D eigenvalue weighted by Crippen LogP contribution is 2.15. The SMILES string of the molecule is CCCCCCCCCCCCCCC=CCCCCCOC(=O)CCCCCCCCC=CCCCCCCCCCCCCCO. The molecule has 0 atom stereocenters. The summed E-state index contributed by atoms with van der Waals surface area (Å²) in [7, 11) is 0. The number of esters is 1. The zero-order valence-corrected chi connectivity index (χ0v) is 32.7. The highest BCUT2D eigenvalue weighted by atomic mass is 16.5. The van der Waals surface area contributed by atoms with Crippen molar-refractivity contribution in [2.24, 2.45) is 0 Å². The molecule has 0 radical (unpaired) electrons. The second-order valence-corrected chi connectivity index (χ2v) is 14.8. The van der Waals surface area contributed by atoms with Gasteiger partial charge < -0.3 is 9.84 Å². The smallest absolute Gasteiger partial charge is 0.305 e. The summed E-state index contributed by atoms with van der Waals surface area (Å²) in [5.41, 5.74) is 0. The summed E-state index contributed by atoms with van der Waals surface area (Å²) in [5, 5.41) is 8.80. The van der Waals surface area contributed by atoms with Crippen LogP contribution in [0.15, 0.2) is 24.3 Å². The fourth-order valence-electron chi connectivity index (χ4n) is 6.58. The van der Waals surface area contributed by atoms with Crippen LogP contribution in [-0.4, -0.2) is 24.3 Å². The van der Waals surface area contributed by atoms with Gasteiger partial charge in [-0.2, -0.15) is 0 Å². The molecule has 1 N–H and O–H groups in total. The zero-order valence-electron chi connectivity index (χ0n) is 32.7. The van der Waals surface area contributed by atoms with E-state index in [9.17, 15) is 4.79 Å². The summed E-state index contributed by atoms with van der Waals surface area (Å²) in [4.78, 5) is 12.0. The minimum absolute atomic E-state index is 0.00342. The average molecular weight is 675 g/mol. The third kappa shape index (κ3) is 42.9. The molecule has 0 saturated carbocycles. The van der Waals surface area contributed by atoms with Gasteiger partial charge in [-0.3, -0.25) is 4.79 Å². The summed E-state index contributed by atoms with van der Waals surface area (Å²) >= 11 is 0. The van der Waals surface area contributed by atoms with Gasteiger partial charge in [0.1, 0.15) is 0 Å². The van der Waals surface area contributed by atoms with E-state index < -0.39 is 0 Å². The van der Waals surface area contributed by atoms with Crippen LogP contribution in [0.2, 0.25) is 0 Å². The second-order valence-electron chi connectivity index (χ2n) is 14.8. The first-order valence-corrected chi connectivity index (χ1v) is 21.9. The molecule has 284 valence electrons. The molecule has 0 aliphatic rings. The monoisotopic (exact) mass is 675 g/mol. The fourth-order valence-corrected chi connectivity index (χ4v) is 6.58. The molecule has 3 heteroatoms. The van der Waals surface area contributed by atoms with Crippen molar-refractivity contribution in [3.63, 3.8) is 0 Å². The van der Waals surface area contributed by atoms with E-state index in [4.69, 9.17) is 9.84 Å². The van der Waals surface area contributed by atoms with E-state index in [1.54, 1.807) is 0 Å². The lowest BCUT2D eigenvalue weighted by atomic mass is 10.0. The van der Waals surface area contributed by atoms with Gasteiger partial charge in [0, 0.05) is 13.0 Å². The third-order valence-corrected chi connectivity index (χ3v) is 9.87. The molecular weight excluding hydrogens is 588 g/mol. The first-order chi connectivity index (χ1) is 23.8. The predicted octanol–water partition coefficient (Wildman–Crippen LogP) is 15.1. The van der Waals surface area contributed by atoms with Crippen LogP contribution in [0.4, 0.5) is 0 Å². The van der Waals surface area contributed by atoms with Crippen molar-refractivity contribution in [1.82, 2.24) is 0 Å². The van der Waals surface area contributed by atoms with E-state index in [1.807, 2.05) is 0 Å². The molecule has 3 nitrogen and oxygen atoms in total. The maximum atomic E-state index is 12.0. The van der Waals surface area contributed by atoms with Crippen LogP contribution in [0.1, 0.15) is 244 Å². The Morgan fingerprint density at radius 2 is 0.688 bits per heavy atom. The number of ether oxygens (including phenoxy) is 1. The molecule has 0 aromatic carbocycles. The van der Waals surface area contributed by atoms with Crippen LogP contribution >= 0.6 is 0 Å². The number of carbonyl (C=O) groups is 1. The highest BCUT2D eigenvalue weighted by molar-refractivity contribution is 5.69. The number of allylic oxidation sites excluding steroid dienone is 4. The maximum Gasteiger partial charge on any atom is 0.305 e. The van der Waals surface area contributed by atoms with Gasteiger partial charge in [-0.15, -0.1) is 0 Å². The Balaban J connectivity index is 3.23. The summed E-state index contributed by atoms with van der Waals surface area (Å²) in [5.74, 6) is 0.00342. The number of unbranched alkanes of at least 4 members (excludes halogenated alkanes) is 32. The normalized spacial score (nSPS) is 11.8. The van der Waals surface area contributed by atoms with Crippen molar-refractivity contribution in [2.75, 3.05) is 13.2 Å². The molecule has 0 bridgehead atoms. The molecular formula is C45H86O3. The van der Waals surface area contributed by atoms with E-state index in [0.29, 0.717) is 19.6 Å². The van der Waals surface area contributed by atoms with Crippen molar-refractivity contribution in [2.45, 2.75) is 244 Å². The van der Waals surface area contributed by atoms with Crippen LogP contribution in [0.5, 0.6) is 0 Å². The van der Waals surface area contributed by atoms with Crippen LogP contribution in [-0.2, 0) is 9.53 Å². The van der Waals surface area contributed by atoms with Crippen LogP contribution in [0, 0.1) is 0 Å². The van der Waals surface area contributed by atoms with Gasteiger partial charge in [0.2, 0.25) is 0 Å². The number of carbonyl (C=O) groups excluding carboxylic acids is 1. The minimum Gasteiger partial charge on any atom is -0.466 e. The molecule has 0 heterocycles. The molecule has 0 aromatic heterocycles. The Bertz CT molecular complexity index is 655. The third-order valence-electron chi connectivity index (χ3n) is 9.87. The van der Waals surface area contributed by atoms with Gasteiger partial charge in [0.25, 0.3) is 0 Å². The average Bonchev–Trinajstić information content (AvgIpc) is 3.09. The van der Waals surface area contributed by atoms with Gasteiger partial charge >= 0.3 is 5.97 Å². The Morgan fingerprint density at radius 3 is 1.04 bits per heavy atom. The Kier molecular flexibility index (Phi) is 42.9. The Labute approximate surface area is 301 Å². The van der Waals surface area contributed by atoms with Crippen LogP contribution in [0.25, 0.3) is 0 Å². The van der Waals surface area contributed by atoms with Crippen molar-refractivity contribution in [3.8, 4) is 0 Å². The molecule has 0 aliphatic carbocycles. The standard InChI is InChI=1S/C45H86O3/c1-2-3-4-5-6-7-8-9-10-11-17-20-23-26-29-32-35-38-41-44-48-45(47)42-39-36-33-30-27-24-21-18-15-13-12-14-16-19-22-25-28-31-34-37-40-43-46/h15,18,26,29,46H,2-14,16-17,19-25,27-28,30-44H2,1H3. The lowest BCUT2D eigenvalue weighted by Gasteiger charge is -2.05. The number of aliphatic hydroxyl groups is 1. The van der Waals surface area contributed by atoms with Gasteiger partial charge in [0.15, 0.2) is 0 Å². The minimum atomic E-state index is 0.00342. The number of hydrogen-bond acceptors (Lipinski definition) is 3. The maximum absolute atomic E-state index is 12.0. The van der Waals surface area contributed by atoms with E-state index in [-0.39, 0.29) is 5.97 Å². The first kappa shape index (κ1) is 46.9. The van der Waals surface area contributed by atoms with Crippen molar-refractivity contribution < 1.29 is 14.6 Å². The lowest BCUT2D eigenvalue weighted by molar-refractivity contribution is -0.143. The molecule has 48 heavy (non-hydrogen) atoms. The molecule has 0 rings (SSSR count). The number of hydrogen-bond donors (Lipinski definition) is 1. The lowest BCUT2D eigenvalue weighted by Crippen LogP contribution is -2.05. The van der Waals surface area contributed by atoms with E-state index in [0.717, 1.165) is 38.5 Å². The topological polar surface area (TPSA) is 46.5 Å². The van der Waals surface area contributed by atoms with Gasteiger partial charge in [-0.1, -0.05) is 185 Å². The predicted molar refractivity (Wildman–Crippen MR) is 213 cm³/mol. The summed E-state index contributed by atoms with van der Waals surface area (Å²) in [6.45, 7) is 3.25. The largest absolute Gasteiger partial charge is 0.466 e. The van der Waals surface area contributed by atoms with Crippen molar-refractivity contribution in [3.05, 3.63) is 24.3 Å². The first-order valence-electron chi connectivity index (χ1n) is 21.9. The Morgan fingerprint density at radius 1 is 0.396 bits per heavy atom. The zero-order chi connectivity index (χ0) is 34.7. The van der Waals surface area contributed by atoms with E-state index in [2.05, 4.69) is 31.2 Å². The molecule has 0 saturated heterocycles. The van der Waals surface area contributed by atoms with Crippen LogP contribution < -0.4 is 0 Å². The van der Waals surface area contributed by atoms with Gasteiger partial charge in [-0.05, 0) is 77.0 Å². The summed E-state index contributed by atoms with van der Waals surface area (Å²) in [6, 6.07) is 0. The Hall–Kier alpha value is -1.09. The molecule has 0 spiro atoms. The molecule has 0 amide bonds. The highest BCUT2D eigenvalue weighted by Gasteiger charge is 2.02. The molecule has 0 unspecified atom stereocenters. The van der Waals surface area contributed by atoms with E-state index in [1.165, 1.54) is 193 Å². The number of rotatable bonds is 41. The van der Waals surface area contributed by atoms with Crippen LogP contribution in [0.3, 0.4) is 0 Å². The second kappa shape index (κ2) is 43.9. The van der Waals surface area contributed by atoms with Gasteiger partial charge in [-0.25, -0.2) is 0 Å². The fraction of sp³-hybridized carbons (Fsp3) is 0.889.